The number of carbonyl (C=O) groups excluding carboxylic acids is 5. The summed E-state index contributed by atoms with van der Waals surface area (Å²) in [6, 6.07) is 13.9. The Hall–Kier alpha value is -6.74. The van der Waals surface area contributed by atoms with Crippen LogP contribution in [0.2, 0.25) is 0 Å². The van der Waals surface area contributed by atoms with E-state index in [0.29, 0.717) is 31.5 Å². The number of fused-ring (bicyclic) bond motifs is 2. The maximum atomic E-state index is 13.7. The Kier molecular flexibility index (Phi) is 9.08. The summed E-state index contributed by atoms with van der Waals surface area (Å²) in [6.45, 7) is 4.50. The van der Waals surface area contributed by atoms with E-state index >= 15 is 0 Å². The van der Waals surface area contributed by atoms with E-state index in [1.165, 1.54) is 0 Å². The van der Waals surface area contributed by atoms with E-state index in [1.54, 1.807) is 46.4 Å². The Morgan fingerprint density at radius 2 is 1.68 bits per heavy atom. The molecule has 0 aliphatic carbocycles. The first-order chi connectivity index (χ1) is 29.1. The summed E-state index contributed by atoms with van der Waals surface area (Å²) >= 11 is 1.54. The van der Waals surface area contributed by atoms with E-state index in [9.17, 15) is 29.2 Å². The molecule has 5 amide bonds. The normalized spacial score (nSPS) is 20.4. The van der Waals surface area contributed by atoms with Crippen molar-refractivity contribution in [2.75, 3.05) is 61.4 Å². The topological polar surface area (TPSA) is 202 Å². The van der Waals surface area contributed by atoms with Gasteiger partial charge in [0.25, 0.3) is 11.8 Å². The number of amides is 5. The molecule has 1 spiro atoms. The van der Waals surface area contributed by atoms with E-state index in [4.69, 9.17) is 4.98 Å². The molecule has 0 bridgehead atoms. The van der Waals surface area contributed by atoms with E-state index in [1.807, 2.05) is 36.2 Å². The number of benzene rings is 1. The van der Waals surface area contributed by atoms with Gasteiger partial charge in [-0.05, 0) is 74.6 Å². The number of aromatic nitrogens is 5. The van der Waals surface area contributed by atoms with Crippen molar-refractivity contribution in [3.63, 3.8) is 0 Å². The van der Waals surface area contributed by atoms with Crippen LogP contribution in [0.3, 0.4) is 0 Å². The number of carbonyl (C=O) groups is 5. The highest BCUT2D eigenvalue weighted by molar-refractivity contribution is 7.18. The van der Waals surface area contributed by atoms with Gasteiger partial charge < -0.3 is 20.0 Å². The molecule has 0 radical (unpaired) electrons. The van der Waals surface area contributed by atoms with Crippen molar-refractivity contribution in [1.29, 1.82) is 5.26 Å². The first kappa shape index (κ1) is 37.5. The standard InChI is InChI=1S/C42H40N12O5S/c1-44-31-18-32(33-5-3-27-16-24(19-43)20-46-54(27)33)45-21-30(31)37-48-49-41(60-37)52-22-42(23-52)10-14-51(15-11-42)38(57)25-8-12-50(13-9-25)26-2-4-28-29(17-26)40(59)53(39(28)58)34-6-7-35(55)47-36(34)56/h2-5,16-18,20-21,25,34H,6-15,22-23H2,1H3,(H,44,45)(H,47,55,56). The number of pyridine rings is 1. The number of nitrogens with zero attached hydrogens (tertiary/aromatic N) is 10. The third-order valence-corrected chi connectivity index (χ3v) is 13.8. The highest BCUT2D eigenvalue weighted by Gasteiger charge is 2.48. The summed E-state index contributed by atoms with van der Waals surface area (Å²) in [6.07, 6.45) is 6.79. The molecule has 4 saturated heterocycles. The molecule has 2 N–H and O–H groups in total. The smallest absolute Gasteiger partial charge is 0.262 e. The second-order valence-corrected chi connectivity index (χ2v) is 17.2. The van der Waals surface area contributed by atoms with Crippen molar-refractivity contribution >= 4 is 62.9 Å². The third kappa shape index (κ3) is 6.31. The minimum Gasteiger partial charge on any atom is -0.387 e. The zero-order valence-electron chi connectivity index (χ0n) is 32.8. The molecule has 18 heteroatoms. The van der Waals surface area contributed by atoms with Gasteiger partial charge in [-0.2, -0.15) is 10.4 Å². The number of hydrogen-bond acceptors (Lipinski definition) is 14. The van der Waals surface area contributed by atoms with Crippen molar-refractivity contribution in [1.82, 2.24) is 39.9 Å². The largest absolute Gasteiger partial charge is 0.387 e. The van der Waals surface area contributed by atoms with Gasteiger partial charge in [-0.3, -0.25) is 39.2 Å². The molecule has 4 fully saturated rings. The Morgan fingerprint density at radius 1 is 0.900 bits per heavy atom. The second kappa shape index (κ2) is 14.5. The molecular weight excluding hydrogens is 785 g/mol. The second-order valence-electron chi connectivity index (χ2n) is 16.3. The van der Waals surface area contributed by atoms with Gasteiger partial charge in [0, 0.05) is 81.6 Å². The first-order valence-electron chi connectivity index (χ1n) is 20.2. The molecule has 1 atom stereocenters. The van der Waals surface area contributed by atoms with Gasteiger partial charge in [0.1, 0.15) is 12.1 Å². The molecule has 5 aliphatic heterocycles. The van der Waals surface area contributed by atoms with E-state index < -0.39 is 29.7 Å². The highest BCUT2D eigenvalue weighted by Crippen LogP contribution is 2.45. The monoisotopic (exact) mass is 824 g/mol. The molecule has 1 unspecified atom stereocenters. The number of likely N-dealkylation sites (tertiary alicyclic amines) is 1. The van der Waals surface area contributed by atoms with E-state index in [2.05, 4.69) is 41.8 Å². The number of piperidine rings is 3. The van der Waals surface area contributed by atoms with E-state index in [-0.39, 0.29) is 41.2 Å². The summed E-state index contributed by atoms with van der Waals surface area (Å²) in [5.41, 5.74) is 6.05. The van der Waals surface area contributed by atoms with Gasteiger partial charge in [0.2, 0.25) is 22.9 Å². The number of imide groups is 2. The Morgan fingerprint density at radius 3 is 2.43 bits per heavy atom. The average Bonchev–Trinajstić information content (AvgIpc) is 3.99. The van der Waals surface area contributed by atoms with Gasteiger partial charge in [-0.15, -0.1) is 10.2 Å². The summed E-state index contributed by atoms with van der Waals surface area (Å²) in [7, 11) is 1.86. The lowest BCUT2D eigenvalue weighted by Gasteiger charge is -2.54. The third-order valence-electron chi connectivity index (χ3n) is 12.8. The van der Waals surface area contributed by atoms with Gasteiger partial charge >= 0.3 is 0 Å². The van der Waals surface area contributed by atoms with Crippen molar-refractivity contribution in [3.8, 4) is 28.0 Å². The first-order valence-corrected chi connectivity index (χ1v) is 21.0. The molecule has 17 nitrogen and oxygen atoms in total. The minimum atomic E-state index is -1.00. The molecule has 60 heavy (non-hydrogen) atoms. The number of anilines is 3. The number of nitriles is 1. The van der Waals surface area contributed by atoms with E-state index in [0.717, 1.165) is 87.9 Å². The zero-order chi connectivity index (χ0) is 41.3. The van der Waals surface area contributed by atoms with Crippen molar-refractivity contribution in [3.05, 3.63) is 71.5 Å². The molecule has 10 rings (SSSR count). The van der Waals surface area contributed by atoms with Crippen LogP contribution in [0.5, 0.6) is 0 Å². The molecule has 5 aliphatic rings. The quantitative estimate of drug-likeness (QED) is 0.226. The van der Waals surface area contributed by atoms with Gasteiger partial charge in [-0.25, -0.2) is 4.52 Å². The molecule has 9 heterocycles. The van der Waals surface area contributed by atoms with Gasteiger partial charge in [0.15, 0.2) is 5.01 Å². The molecule has 1 aromatic carbocycles. The van der Waals surface area contributed by atoms with Crippen LogP contribution in [0, 0.1) is 22.7 Å². The highest BCUT2D eigenvalue weighted by atomic mass is 32.1. The fraction of sp³-hybridized carbons (Fsp3) is 0.381. The zero-order valence-corrected chi connectivity index (χ0v) is 33.6. The number of nitrogens with one attached hydrogen (secondary N) is 2. The lowest BCUT2D eigenvalue weighted by molar-refractivity contribution is -0.139. The summed E-state index contributed by atoms with van der Waals surface area (Å²) < 4.78 is 1.77. The molecule has 4 aromatic heterocycles. The maximum absolute atomic E-state index is 13.7. The SMILES string of the molecule is CNc1cc(-c2ccc3cc(C#N)cnn23)ncc1-c1nnc(N2CC3(CCN(C(=O)C4CCN(c5ccc6c(c5)C(=O)N(C5CCC(=O)NC5=O)C6=O)CC4)CC3)C2)s1. The van der Waals surface area contributed by atoms with Crippen LogP contribution in [0.15, 0.2) is 54.9 Å². The van der Waals surface area contributed by atoms with Crippen LogP contribution in [-0.4, -0.2) is 116 Å². The summed E-state index contributed by atoms with van der Waals surface area (Å²) in [5, 5.41) is 29.9. The van der Waals surface area contributed by atoms with Gasteiger partial charge in [-0.1, -0.05) is 11.3 Å². The van der Waals surface area contributed by atoms with Crippen LogP contribution < -0.4 is 20.4 Å². The van der Waals surface area contributed by atoms with Crippen molar-refractivity contribution < 1.29 is 24.0 Å². The average molecular weight is 825 g/mol. The Bertz CT molecular complexity index is 2660. The lowest BCUT2D eigenvalue weighted by Crippen LogP contribution is -2.61. The van der Waals surface area contributed by atoms with Crippen LogP contribution in [-0.2, 0) is 14.4 Å². The molecular formula is C42H40N12O5S. The molecule has 0 saturated carbocycles. The lowest BCUT2D eigenvalue weighted by atomic mass is 9.72. The van der Waals surface area contributed by atoms with Crippen LogP contribution in [0.25, 0.3) is 27.5 Å². The molecule has 5 aromatic rings. The fourth-order valence-corrected chi connectivity index (χ4v) is 10.3. The maximum Gasteiger partial charge on any atom is 0.262 e. The van der Waals surface area contributed by atoms with Crippen LogP contribution >= 0.6 is 11.3 Å². The fourth-order valence-electron chi connectivity index (χ4n) is 9.39. The van der Waals surface area contributed by atoms with Crippen LogP contribution in [0.4, 0.5) is 16.5 Å². The van der Waals surface area contributed by atoms with Crippen molar-refractivity contribution in [2.45, 2.75) is 44.6 Å². The predicted octanol–water partition coefficient (Wildman–Crippen LogP) is 3.57. The number of hydrogen-bond donors (Lipinski definition) is 2. The van der Waals surface area contributed by atoms with Crippen molar-refractivity contribution in [2.24, 2.45) is 11.3 Å². The number of rotatable bonds is 7. The van der Waals surface area contributed by atoms with Crippen LogP contribution in [0.1, 0.15) is 64.8 Å². The Balaban J connectivity index is 0.720. The van der Waals surface area contributed by atoms with Gasteiger partial charge in [0.05, 0.1) is 45.4 Å². The summed E-state index contributed by atoms with van der Waals surface area (Å²) in [5.74, 6) is -1.95. The predicted molar refractivity (Wildman–Crippen MR) is 220 cm³/mol. The summed E-state index contributed by atoms with van der Waals surface area (Å²) in [4.78, 5) is 76.5. The minimum absolute atomic E-state index is 0.0711. The Labute approximate surface area is 348 Å². The molecule has 304 valence electrons.